The molecule has 3 nitrogen and oxygen atoms in total. The average molecular weight is 321 g/mol. The highest BCUT2D eigenvalue weighted by Crippen LogP contribution is 2.45. The summed E-state index contributed by atoms with van der Waals surface area (Å²) in [4.78, 5) is 0. The predicted octanol–water partition coefficient (Wildman–Crippen LogP) is 3.34. The molecular weight excluding hydrogens is 304 g/mol. The molecule has 1 aromatic carbocycles. The Morgan fingerprint density at radius 3 is 2.12 bits per heavy atom. The van der Waals surface area contributed by atoms with Gasteiger partial charge in [-0.25, -0.2) is 0 Å². The zero-order chi connectivity index (χ0) is 12.8. The van der Waals surface area contributed by atoms with Gasteiger partial charge in [-0.3, -0.25) is 0 Å². The molecule has 96 valence electrons. The van der Waals surface area contributed by atoms with Gasteiger partial charge in [-0.15, -0.1) is 0 Å². The summed E-state index contributed by atoms with van der Waals surface area (Å²) in [6.07, 6.45) is 1.88. The molecule has 0 spiro atoms. The van der Waals surface area contributed by atoms with E-state index in [0.717, 1.165) is 34.4 Å². The van der Waals surface area contributed by atoms with Gasteiger partial charge in [0.25, 0.3) is 0 Å². The largest absolute Gasteiger partial charge is 0.492 e. The van der Waals surface area contributed by atoms with Gasteiger partial charge in [-0.05, 0) is 46.2 Å². The van der Waals surface area contributed by atoms with Crippen LogP contribution >= 0.6 is 28.6 Å². The fraction of sp³-hybridized carbons (Fsp3) is 0.500. The van der Waals surface area contributed by atoms with Gasteiger partial charge in [0.05, 0.1) is 25.8 Å². The maximum atomic E-state index is 5.41. The van der Waals surface area contributed by atoms with Crippen LogP contribution in [-0.2, 0) is 6.42 Å². The van der Waals surface area contributed by atoms with E-state index in [1.807, 2.05) is 6.07 Å². The highest BCUT2D eigenvalue weighted by atomic mass is 79.9. The standard InChI is InChI=1S/C12H17BrO3S/c1-14-10-8(5-4-6-17)7-9(13)11(15-2)12(10)16-3/h7,17H,4-6H2,1-3H3. The summed E-state index contributed by atoms with van der Waals surface area (Å²) < 4.78 is 16.9. The molecule has 0 bridgehead atoms. The Hall–Kier alpha value is -0.550. The second kappa shape index (κ2) is 7.01. The Morgan fingerprint density at radius 1 is 1.06 bits per heavy atom. The molecule has 0 N–H and O–H groups in total. The van der Waals surface area contributed by atoms with Crippen LogP contribution in [0.1, 0.15) is 12.0 Å². The maximum absolute atomic E-state index is 5.41. The van der Waals surface area contributed by atoms with Crippen molar-refractivity contribution in [3.63, 3.8) is 0 Å². The predicted molar refractivity (Wildman–Crippen MR) is 76.0 cm³/mol. The highest BCUT2D eigenvalue weighted by Gasteiger charge is 2.19. The second-order valence-corrected chi connectivity index (χ2v) is 4.75. The van der Waals surface area contributed by atoms with E-state index in [2.05, 4.69) is 28.6 Å². The first kappa shape index (κ1) is 14.5. The molecule has 0 aliphatic carbocycles. The van der Waals surface area contributed by atoms with Gasteiger partial charge >= 0.3 is 0 Å². The van der Waals surface area contributed by atoms with Crippen LogP contribution in [0, 0.1) is 0 Å². The minimum absolute atomic E-state index is 0.624. The van der Waals surface area contributed by atoms with Crippen molar-refractivity contribution in [2.24, 2.45) is 0 Å². The molecule has 0 radical (unpaired) electrons. The van der Waals surface area contributed by atoms with Gasteiger partial charge < -0.3 is 14.2 Å². The molecule has 0 heterocycles. The Bertz CT molecular complexity index is 383. The van der Waals surface area contributed by atoms with E-state index in [1.165, 1.54) is 0 Å². The molecule has 1 rings (SSSR count). The highest BCUT2D eigenvalue weighted by molar-refractivity contribution is 9.10. The van der Waals surface area contributed by atoms with Gasteiger partial charge in [0, 0.05) is 0 Å². The van der Waals surface area contributed by atoms with Crippen molar-refractivity contribution in [3.8, 4) is 17.2 Å². The van der Waals surface area contributed by atoms with Crippen LogP contribution in [0.25, 0.3) is 0 Å². The first-order chi connectivity index (χ1) is 8.19. The molecule has 0 aromatic heterocycles. The Morgan fingerprint density at radius 2 is 1.65 bits per heavy atom. The van der Waals surface area contributed by atoms with E-state index < -0.39 is 0 Å². The zero-order valence-electron chi connectivity index (χ0n) is 10.2. The molecule has 0 amide bonds. The average Bonchev–Trinajstić information content (AvgIpc) is 2.35. The maximum Gasteiger partial charge on any atom is 0.204 e. The number of hydrogen-bond donors (Lipinski definition) is 1. The third kappa shape index (κ3) is 3.22. The summed E-state index contributed by atoms with van der Waals surface area (Å²) in [5, 5.41) is 0. The van der Waals surface area contributed by atoms with Crippen molar-refractivity contribution in [3.05, 3.63) is 16.1 Å². The van der Waals surface area contributed by atoms with Gasteiger partial charge in [0.15, 0.2) is 11.5 Å². The minimum Gasteiger partial charge on any atom is -0.492 e. The summed E-state index contributed by atoms with van der Waals surface area (Å²) >= 11 is 7.69. The number of benzene rings is 1. The normalized spacial score (nSPS) is 10.2. The number of hydrogen-bond acceptors (Lipinski definition) is 4. The van der Waals surface area contributed by atoms with Gasteiger partial charge in [-0.2, -0.15) is 12.6 Å². The van der Waals surface area contributed by atoms with E-state index in [9.17, 15) is 0 Å². The van der Waals surface area contributed by atoms with Crippen molar-refractivity contribution in [2.75, 3.05) is 27.1 Å². The lowest BCUT2D eigenvalue weighted by Crippen LogP contribution is -2.00. The van der Waals surface area contributed by atoms with Crippen LogP contribution in [0.5, 0.6) is 17.2 Å². The third-order valence-corrected chi connectivity index (χ3v) is 3.34. The number of rotatable bonds is 6. The first-order valence-corrected chi connectivity index (χ1v) is 6.70. The third-order valence-electron chi connectivity index (χ3n) is 2.44. The van der Waals surface area contributed by atoms with Crippen LogP contribution in [0.3, 0.4) is 0 Å². The topological polar surface area (TPSA) is 27.7 Å². The number of ether oxygens (including phenoxy) is 3. The van der Waals surface area contributed by atoms with Gasteiger partial charge in [-0.1, -0.05) is 0 Å². The molecule has 0 atom stereocenters. The molecule has 17 heavy (non-hydrogen) atoms. The van der Waals surface area contributed by atoms with Crippen molar-refractivity contribution in [1.29, 1.82) is 0 Å². The van der Waals surface area contributed by atoms with Gasteiger partial charge in [0.2, 0.25) is 5.75 Å². The van der Waals surface area contributed by atoms with Crippen LogP contribution in [0.15, 0.2) is 10.5 Å². The van der Waals surface area contributed by atoms with E-state index in [1.54, 1.807) is 21.3 Å². The van der Waals surface area contributed by atoms with Crippen LogP contribution < -0.4 is 14.2 Å². The molecule has 0 saturated heterocycles. The molecule has 0 saturated carbocycles. The molecule has 0 unspecified atom stereocenters. The van der Waals surface area contributed by atoms with Crippen molar-refractivity contribution < 1.29 is 14.2 Å². The Balaban J connectivity index is 3.26. The number of methoxy groups -OCH3 is 3. The van der Waals surface area contributed by atoms with Crippen molar-refractivity contribution >= 4 is 28.6 Å². The summed E-state index contributed by atoms with van der Waals surface area (Å²) in [6, 6.07) is 2.00. The molecule has 0 aliphatic heterocycles. The Labute approximate surface area is 116 Å². The van der Waals surface area contributed by atoms with Crippen LogP contribution in [0.4, 0.5) is 0 Å². The number of aryl methyl sites for hydroxylation is 1. The van der Waals surface area contributed by atoms with E-state index in [-0.39, 0.29) is 0 Å². The van der Waals surface area contributed by atoms with E-state index in [4.69, 9.17) is 14.2 Å². The van der Waals surface area contributed by atoms with E-state index >= 15 is 0 Å². The lowest BCUT2D eigenvalue weighted by atomic mass is 10.1. The summed E-state index contributed by atoms with van der Waals surface area (Å²) in [5.41, 5.74) is 1.09. The lowest BCUT2D eigenvalue weighted by molar-refractivity contribution is 0.321. The first-order valence-electron chi connectivity index (χ1n) is 5.27. The molecule has 0 aliphatic rings. The fourth-order valence-electron chi connectivity index (χ4n) is 1.70. The van der Waals surface area contributed by atoms with E-state index in [0.29, 0.717) is 11.5 Å². The Kier molecular flexibility index (Phi) is 5.98. The van der Waals surface area contributed by atoms with Crippen LogP contribution in [0.2, 0.25) is 0 Å². The second-order valence-electron chi connectivity index (χ2n) is 3.44. The fourth-order valence-corrected chi connectivity index (χ4v) is 2.47. The summed E-state index contributed by atoms with van der Waals surface area (Å²) in [5.74, 6) is 2.85. The van der Waals surface area contributed by atoms with Crippen LogP contribution in [-0.4, -0.2) is 27.1 Å². The monoisotopic (exact) mass is 320 g/mol. The molecule has 1 aromatic rings. The zero-order valence-corrected chi connectivity index (χ0v) is 12.7. The van der Waals surface area contributed by atoms with Crippen molar-refractivity contribution in [2.45, 2.75) is 12.8 Å². The molecule has 0 fully saturated rings. The molecular formula is C12H17BrO3S. The number of halogens is 1. The summed E-state index contributed by atoms with van der Waals surface area (Å²) in [6.45, 7) is 0. The lowest BCUT2D eigenvalue weighted by Gasteiger charge is -2.17. The molecule has 5 heteroatoms. The van der Waals surface area contributed by atoms with Crippen molar-refractivity contribution in [1.82, 2.24) is 0 Å². The SMILES string of the molecule is COc1c(Br)cc(CCCS)c(OC)c1OC. The smallest absolute Gasteiger partial charge is 0.204 e. The van der Waals surface area contributed by atoms with Gasteiger partial charge in [0.1, 0.15) is 0 Å². The quantitative estimate of drug-likeness (QED) is 0.815. The summed E-state index contributed by atoms with van der Waals surface area (Å²) in [7, 11) is 4.85. The minimum atomic E-state index is 0.624. The number of thiol groups is 1.